The van der Waals surface area contributed by atoms with Gasteiger partial charge in [0.05, 0.1) is 11.8 Å². The molecule has 0 unspecified atom stereocenters. The van der Waals surface area contributed by atoms with E-state index in [1.807, 2.05) is 32.0 Å². The number of carbonyl (C=O) groups is 1. The monoisotopic (exact) mass is 304 g/mol. The molecule has 0 aliphatic rings. The van der Waals surface area contributed by atoms with E-state index in [1.54, 1.807) is 11.0 Å². The molecule has 4 nitrogen and oxygen atoms in total. The van der Waals surface area contributed by atoms with Crippen molar-refractivity contribution in [3.63, 3.8) is 0 Å². The van der Waals surface area contributed by atoms with Crippen LogP contribution >= 0.6 is 11.6 Å². The molecule has 0 spiro atoms. The van der Waals surface area contributed by atoms with Crippen LogP contribution in [0, 0.1) is 0 Å². The zero-order valence-electron chi connectivity index (χ0n) is 12.0. The Morgan fingerprint density at radius 2 is 2.10 bits per heavy atom. The number of aromatic hydroxyl groups is 1. The zero-order valence-corrected chi connectivity index (χ0v) is 12.7. The fourth-order valence-electron chi connectivity index (χ4n) is 2.03. The first kappa shape index (κ1) is 15.3. The SMILES string of the molecule is CC(C)N(Cc1cccc(Cl)c1)C(=O)c1cncc(O)c1. The molecule has 1 heterocycles. The van der Waals surface area contributed by atoms with Crippen molar-refractivity contribution in [1.29, 1.82) is 0 Å². The topological polar surface area (TPSA) is 53.4 Å². The molecule has 0 atom stereocenters. The van der Waals surface area contributed by atoms with Crippen molar-refractivity contribution in [2.45, 2.75) is 26.4 Å². The highest BCUT2D eigenvalue weighted by molar-refractivity contribution is 6.30. The Balaban J connectivity index is 2.25. The van der Waals surface area contributed by atoms with E-state index >= 15 is 0 Å². The van der Waals surface area contributed by atoms with Crippen molar-refractivity contribution < 1.29 is 9.90 Å². The number of hydrogen-bond acceptors (Lipinski definition) is 3. The second-order valence-electron chi connectivity index (χ2n) is 5.09. The molecule has 1 N–H and O–H groups in total. The Kier molecular flexibility index (Phi) is 4.81. The number of carbonyl (C=O) groups excluding carboxylic acids is 1. The molecule has 110 valence electrons. The summed E-state index contributed by atoms with van der Waals surface area (Å²) < 4.78 is 0. The number of benzene rings is 1. The molecule has 1 amide bonds. The molecule has 1 aromatic heterocycles. The molecule has 1 aromatic carbocycles. The van der Waals surface area contributed by atoms with Gasteiger partial charge in [-0.25, -0.2) is 0 Å². The van der Waals surface area contributed by atoms with E-state index in [0.29, 0.717) is 17.1 Å². The normalized spacial score (nSPS) is 10.7. The number of halogens is 1. The number of rotatable bonds is 4. The second-order valence-corrected chi connectivity index (χ2v) is 5.52. The van der Waals surface area contributed by atoms with Gasteiger partial charge >= 0.3 is 0 Å². The number of amides is 1. The summed E-state index contributed by atoms with van der Waals surface area (Å²) in [6, 6.07) is 8.85. The lowest BCUT2D eigenvalue weighted by Gasteiger charge is -2.27. The third kappa shape index (κ3) is 3.95. The minimum atomic E-state index is -0.173. The highest BCUT2D eigenvalue weighted by Gasteiger charge is 2.19. The van der Waals surface area contributed by atoms with Gasteiger partial charge in [0.25, 0.3) is 5.91 Å². The van der Waals surface area contributed by atoms with Crippen LogP contribution in [0.4, 0.5) is 0 Å². The first-order valence-electron chi connectivity index (χ1n) is 6.67. The van der Waals surface area contributed by atoms with Gasteiger partial charge < -0.3 is 10.0 Å². The fraction of sp³-hybridized carbons (Fsp3) is 0.250. The average Bonchev–Trinajstić information content (AvgIpc) is 2.44. The summed E-state index contributed by atoms with van der Waals surface area (Å²) in [7, 11) is 0. The van der Waals surface area contributed by atoms with E-state index in [1.165, 1.54) is 18.5 Å². The van der Waals surface area contributed by atoms with Crippen LogP contribution in [0.2, 0.25) is 5.02 Å². The summed E-state index contributed by atoms with van der Waals surface area (Å²) in [5.41, 5.74) is 1.32. The second kappa shape index (κ2) is 6.59. The molecule has 0 radical (unpaired) electrons. The third-order valence-electron chi connectivity index (χ3n) is 3.10. The van der Waals surface area contributed by atoms with Gasteiger partial charge in [0, 0.05) is 23.8 Å². The van der Waals surface area contributed by atoms with Gasteiger partial charge in [-0.3, -0.25) is 9.78 Å². The van der Waals surface area contributed by atoms with Crippen molar-refractivity contribution in [2.24, 2.45) is 0 Å². The lowest BCUT2D eigenvalue weighted by molar-refractivity contribution is 0.0689. The van der Waals surface area contributed by atoms with E-state index in [-0.39, 0.29) is 17.7 Å². The molecule has 21 heavy (non-hydrogen) atoms. The molecule has 0 bridgehead atoms. The van der Waals surface area contributed by atoms with E-state index < -0.39 is 0 Å². The van der Waals surface area contributed by atoms with Crippen LogP contribution in [0.25, 0.3) is 0 Å². The number of aromatic nitrogens is 1. The molecule has 2 rings (SSSR count). The van der Waals surface area contributed by atoms with Crippen molar-refractivity contribution in [2.75, 3.05) is 0 Å². The number of nitrogens with zero attached hydrogens (tertiary/aromatic N) is 2. The maximum atomic E-state index is 12.6. The van der Waals surface area contributed by atoms with Crippen LogP contribution < -0.4 is 0 Å². The first-order chi connectivity index (χ1) is 9.97. The first-order valence-corrected chi connectivity index (χ1v) is 7.04. The molecule has 2 aromatic rings. The van der Waals surface area contributed by atoms with Gasteiger partial charge in [-0.05, 0) is 37.6 Å². The van der Waals surface area contributed by atoms with Gasteiger partial charge in [-0.2, -0.15) is 0 Å². The molecule has 0 saturated heterocycles. The molecule has 0 aliphatic heterocycles. The highest BCUT2D eigenvalue weighted by atomic mass is 35.5. The predicted molar refractivity (Wildman–Crippen MR) is 82.4 cm³/mol. The predicted octanol–water partition coefficient (Wildman–Crippen LogP) is 3.49. The largest absolute Gasteiger partial charge is 0.506 e. The number of hydrogen-bond donors (Lipinski definition) is 1. The lowest BCUT2D eigenvalue weighted by Crippen LogP contribution is -2.36. The van der Waals surface area contributed by atoms with Gasteiger partial charge in [-0.1, -0.05) is 23.7 Å². The van der Waals surface area contributed by atoms with E-state index in [0.717, 1.165) is 5.56 Å². The molecular formula is C16H17ClN2O2. The molecule has 0 saturated carbocycles. The number of pyridine rings is 1. The smallest absolute Gasteiger partial charge is 0.256 e. The van der Waals surface area contributed by atoms with Crippen LogP contribution in [0.5, 0.6) is 5.75 Å². The van der Waals surface area contributed by atoms with Crippen LogP contribution in [0.3, 0.4) is 0 Å². The Hall–Kier alpha value is -2.07. The zero-order chi connectivity index (χ0) is 15.4. The van der Waals surface area contributed by atoms with Crippen molar-refractivity contribution in [1.82, 2.24) is 9.88 Å². The van der Waals surface area contributed by atoms with Crippen molar-refractivity contribution in [3.05, 3.63) is 58.9 Å². The Labute approximate surface area is 129 Å². The summed E-state index contributed by atoms with van der Waals surface area (Å²) >= 11 is 5.98. The highest BCUT2D eigenvalue weighted by Crippen LogP contribution is 2.17. The standard InChI is InChI=1S/C16H17ClN2O2/c1-11(2)19(10-12-4-3-5-14(17)6-12)16(21)13-7-15(20)9-18-8-13/h3-9,11,20H,10H2,1-2H3. The lowest BCUT2D eigenvalue weighted by atomic mass is 10.1. The summed E-state index contributed by atoms with van der Waals surface area (Å²) in [5.74, 6) is -0.194. The van der Waals surface area contributed by atoms with Gasteiger partial charge in [0.15, 0.2) is 0 Å². The molecule has 5 heteroatoms. The third-order valence-corrected chi connectivity index (χ3v) is 3.33. The van der Waals surface area contributed by atoms with Crippen LogP contribution in [0.1, 0.15) is 29.8 Å². The fourth-order valence-corrected chi connectivity index (χ4v) is 2.24. The Bertz CT molecular complexity index is 644. The van der Waals surface area contributed by atoms with Gasteiger partial charge in [0.1, 0.15) is 5.75 Å². The maximum Gasteiger partial charge on any atom is 0.256 e. The quantitative estimate of drug-likeness (QED) is 0.940. The Morgan fingerprint density at radius 1 is 1.33 bits per heavy atom. The van der Waals surface area contributed by atoms with Crippen LogP contribution in [0.15, 0.2) is 42.7 Å². The molecule has 0 aliphatic carbocycles. The van der Waals surface area contributed by atoms with Crippen LogP contribution in [-0.2, 0) is 6.54 Å². The van der Waals surface area contributed by atoms with Gasteiger partial charge in [-0.15, -0.1) is 0 Å². The summed E-state index contributed by atoms with van der Waals surface area (Å²) in [6.07, 6.45) is 2.75. The summed E-state index contributed by atoms with van der Waals surface area (Å²) in [6.45, 7) is 4.34. The van der Waals surface area contributed by atoms with E-state index in [2.05, 4.69) is 4.98 Å². The summed E-state index contributed by atoms with van der Waals surface area (Å²) in [4.78, 5) is 18.1. The van der Waals surface area contributed by atoms with Crippen LogP contribution in [-0.4, -0.2) is 26.9 Å². The molecule has 0 fully saturated rings. The van der Waals surface area contributed by atoms with E-state index in [4.69, 9.17) is 11.6 Å². The Morgan fingerprint density at radius 3 is 2.71 bits per heavy atom. The minimum absolute atomic E-state index is 0.0128. The maximum absolute atomic E-state index is 12.6. The van der Waals surface area contributed by atoms with Gasteiger partial charge in [0.2, 0.25) is 0 Å². The molecular weight excluding hydrogens is 288 g/mol. The van der Waals surface area contributed by atoms with Crippen molar-refractivity contribution >= 4 is 17.5 Å². The summed E-state index contributed by atoms with van der Waals surface area (Å²) in [5, 5.41) is 10.1. The van der Waals surface area contributed by atoms with Crippen molar-refractivity contribution in [3.8, 4) is 5.75 Å². The van der Waals surface area contributed by atoms with E-state index in [9.17, 15) is 9.90 Å². The average molecular weight is 305 g/mol. The minimum Gasteiger partial charge on any atom is -0.506 e.